The van der Waals surface area contributed by atoms with E-state index in [1.165, 1.54) is 21.3 Å². The Morgan fingerprint density at radius 2 is 1.14 bits per heavy atom. The molecule has 0 spiro atoms. The number of ether oxygens (including phenoxy) is 6. The Morgan fingerprint density at radius 1 is 0.643 bits per heavy atom. The molecule has 2 rings (SSSR count). The van der Waals surface area contributed by atoms with Crippen LogP contribution in [0.2, 0.25) is 0 Å². The maximum absolute atomic E-state index is 12.9. The summed E-state index contributed by atoms with van der Waals surface area (Å²) in [5, 5.41) is 0. The lowest BCUT2D eigenvalue weighted by Gasteiger charge is -2.16. The summed E-state index contributed by atoms with van der Waals surface area (Å²) < 4.78 is 32.2. The van der Waals surface area contributed by atoms with Crippen molar-refractivity contribution >= 4 is 5.78 Å². The molecule has 0 aromatic heterocycles. The van der Waals surface area contributed by atoms with Crippen LogP contribution in [0.15, 0.2) is 24.3 Å². The first kappa shape index (κ1) is 21.2. The molecule has 0 radical (unpaired) electrons. The normalized spacial score (nSPS) is 10.2. The van der Waals surface area contributed by atoms with Crippen LogP contribution < -0.4 is 28.4 Å². The molecule has 0 atom stereocenters. The first-order chi connectivity index (χ1) is 13.6. The van der Waals surface area contributed by atoms with Crippen LogP contribution in [0.25, 0.3) is 0 Å². The van der Waals surface area contributed by atoms with Crippen LogP contribution in [0.1, 0.15) is 22.3 Å². The van der Waals surface area contributed by atoms with E-state index in [-0.39, 0.29) is 12.2 Å². The van der Waals surface area contributed by atoms with Crippen LogP contribution >= 0.6 is 0 Å². The molecule has 0 fully saturated rings. The van der Waals surface area contributed by atoms with Gasteiger partial charge >= 0.3 is 0 Å². The summed E-state index contributed by atoms with van der Waals surface area (Å²) in [5.74, 6) is 2.77. The number of ketones is 1. The fraction of sp³-hybridized carbons (Fsp3) is 0.381. The summed E-state index contributed by atoms with van der Waals surface area (Å²) in [6, 6.07) is 7.01. The van der Waals surface area contributed by atoms with Crippen molar-refractivity contribution in [3.8, 4) is 34.5 Å². The third kappa shape index (κ3) is 4.08. The van der Waals surface area contributed by atoms with Gasteiger partial charge < -0.3 is 28.4 Å². The fourth-order valence-electron chi connectivity index (χ4n) is 3.06. The number of hydrogen-bond acceptors (Lipinski definition) is 7. The first-order valence-electron chi connectivity index (χ1n) is 8.66. The number of Topliss-reactive ketones (excluding diaryl/α,β-unsaturated/α-hetero) is 1. The van der Waals surface area contributed by atoms with Crippen LogP contribution in [0.4, 0.5) is 0 Å². The van der Waals surface area contributed by atoms with Gasteiger partial charge in [-0.25, -0.2) is 0 Å². The molecule has 0 aliphatic carbocycles. The molecule has 0 saturated heterocycles. The van der Waals surface area contributed by atoms with Crippen LogP contribution in [-0.4, -0.2) is 48.4 Å². The zero-order valence-electron chi connectivity index (χ0n) is 17.1. The summed E-state index contributed by atoms with van der Waals surface area (Å²) in [6.45, 7) is 0. The van der Waals surface area contributed by atoms with Gasteiger partial charge in [-0.2, -0.15) is 0 Å². The highest BCUT2D eigenvalue weighted by Crippen LogP contribution is 2.42. The highest BCUT2D eigenvalue weighted by atomic mass is 16.5. The molecule has 152 valence electrons. The Bertz CT molecular complexity index is 830. The Hall–Kier alpha value is -3.09. The van der Waals surface area contributed by atoms with Crippen LogP contribution in [0.3, 0.4) is 0 Å². The van der Waals surface area contributed by atoms with Crippen molar-refractivity contribution in [2.75, 3.05) is 42.7 Å². The Balaban J connectivity index is 2.30. The molecule has 28 heavy (non-hydrogen) atoms. The van der Waals surface area contributed by atoms with Gasteiger partial charge in [-0.1, -0.05) is 6.07 Å². The van der Waals surface area contributed by atoms with Gasteiger partial charge in [-0.15, -0.1) is 0 Å². The second-order valence-corrected chi connectivity index (χ2v) is 5.80. The summed E-state index contributed by atoms with van der Waals surface area (Å²) in [4.78, 5) is 12.9. The van der Waals surface area contributed by atoms with Gasteiger partial charge in [-0.3, -0.25) is 4.79 Å². The largest absolute Gasteiger partial charge is 0.493 e. The Kier molecular flexibility index (Phi) is 7.37. The fourth-order valence-corrected chi connectivity index (χ4v) is 3.06. The molecule has 0 aliphatic rings. The van der Waals surface area contributed by atoms with Crippen molar-refractivity contribution in [3.05, 3.63) is 35.4 Å². The molecule has 7 heteroatoms. The average Bonchev–Trinajstić information content (AvgIpc) is 2.74. The topological polar surface area (TPSA) is 72.5 Å². The highest BCUT2D eigenvalue weighted by Gasteiger charge is 2.22. The minimum atomic E-state index is -0.0883. The summed E-state index contributed by atoms with van der Waals surface area (Å²) in [7, 11) is 9.18. The van der Waals surface area contributed by atoms with E-state index < -0.39 is 0 Å². The lowest BCUT2D eigenvalue weighted by Crippen LogP contribution is -2.07. The third-order valence-corrected chi connectivity index (χ3v) is 4.41. The predicted molar refractivity (Wildman–Crippen MR) is 105 cm³/mol. The SMILES string of the molecule is COc1ccc(CCC(=O)c2ccc(OC)c(OC)c2OC)c(OC)c1OC. The van der Waals surface area contributed by atoms with E-state index in [1.54, 1.807) is 39.5 Å². The predicted octanol–water partition coefficient (Wildman–Crippen LogP) is 3.55. The van der Waals surface area contributed by atoms with Gasteiger partial charge in [0, 0.05) is 6.42 Å². The molecule has 0 N–H and O–H groups in total. The van der Waals surface area contributed by atoms with E-state index in [4.69, 9.17) is 28.4 Å². The first-order valence-corrected chi connectivity index (χ1v) is 8.66. The number of hydrogen-bond donors (Lipinski definition) is 0. The molecule has 2 aromatic carbocycles. The second kappa shape index (κ2) is 9.73. The molecule has 0 unspecified atom stereocenters. The van der Waals surface area contributed by atoms with Gasteiger partial charge in [0.05, 0.1) is 48.2 Å². The van der Waals surface area contributed by atoms with Gasteiger partial charge in [0.1, 0.15) is 0 Å². The van der Waals surface area contributed by atoms with Crippen LogP contribution in [0.5, 0.6) is 34.5 Å². The summed E-state index contributed by atoms with van der Waals surface area (Å²) in [5.41, 5.74) is 1.27. The maximum Gasteiger partial charge on any atom is 0.204 e. The molecular weight excluding hydrogens is 364 g/mol. The minimum Gasteiger partial charge on any atom is -0.493 e. The number of aryl methyl sites for hydroxylation is 1. The van der Waals surface area contributed by atoms with Crippen LogP contribution in [-0.2, 0) is 6.42 Å². The molecule has 0 amide bonds. The van der Waals surface area contributed by atoms with Gasteiger partial charge in [0.15, 0.2) is 28.8 Å². The smallest absolute Gasteiger partial charge is 0.204 e. The van der Waals surface area contributed by atoms with Crippen molar-refractivity contribution in [2.45, 2.75) is 12.8 Å². The Labute approximate surface area is 165 Å². The average molecular weight is 390 g/mol. The van der Waals surface area contributed by atoms with Gasteiger partial charge in [0.2, 0.25) is 11.5 Å². The van der Waals surface area contributed by atoms with Crippen molar-refractivity contribution in [3.63, 3.8) is 0 Å². The molecule has 7 nitrogen and oxygen atoms in total. The number of carbonyl (C=O) groups is 1. The summed E-state index contributed by atoms with van der Waals surface area (Å²) in [6.07, 6.45) is 0.706. The third-order valence-electron chi connectivity index (χ3n) is 4.41. The number of methoxy groups -OCH3 is 6. The molecule has 0 aliphatic heterocycles. The maximum atomic E-state index is 12.9. The molecule has 2 aromatic rings. The van der Waals surface area contributed by atoms with Gasteiger partial charge in [0.25, 0.3) is 0 Å². The monoisotopic (exact) mass is 390 g/mol. The highest BCUT2D eigenvalue weighted by molar-refractivity contribution is 6.00. The molecule has 0 heterocycles. The van der Waals surface area contributed by atoms with E-state index in [2.05, 4.69) is 0 Å². The zero-order chi connectivity index (χ0) is 20.7. The molecule has 0 saturated carbocycles. The van der Waals surface area contributed by atoms with Crippen molar-refractivity contribution in [1.29, 1.82) is 0 Å². The lowest BCUT2D eigenvalue weighted by atomic mass is 10.0. The van der Waals surface area contributed by atoms with Crippen molar-refractivity contribution in [2.24, 2.45) is 0 Å². The van der Waals surface area contributed by atoms with E-state index in [0.717, 1.165) is 5.56 Å². The number of rotatable bonds is 10. The Morgan fingerprint density at radius 3 is 1.64 bits per heavy atom. The van der Waals surface area contributed by atoms with E-state index in [9.17, 15) is 4.79 Å². The lowest BCUT2D eigenvalue weighted by molar-refractivity contribution is 0.0979. The second-order valence-electron chi connectivity index (χ2n) is 5.80. The van der Waals surface area contributed by atoms with Crippen molar-refractivity contribution in [1.82, 2.24) is 0 Å². The van der Waals surface area contributed by atoms with Crippen molar-refractivity contribution < 1.29 is 33.2 Å². The van der Waals surface area contributed by atoms with Crippen LogP contribution in [0, 0.1) is 0 Å². The molecular formula is C21H26O7. The van der Waals surface area contributed by atoms with E-state index >= 15 is 0 Å². The quantitative estimate of drug-likeness (QED) is 0.575. The zero-order valence-corrected chi connectivity index (χ0v) is 17.1. The number of benzene rings is 2. The van der Waals surface area contributed by atoms with Gasteiger partial charge in [-0.05, 0) is 30.2 Å². The van der Waals surface area contributed by atoms with E-state index in [0.29, 0.717) is 46.5 Å². The number of carbonyl (C=O) groups excluding carboxylic acids is 1. The summed E-state index contributed by atoms with van der Waals surface area (Å²) >= 11 is 0. The molecule has 0 bridgehead atoms. The minimum absolute atomic E-state index is 0.0883. The van der Waals surface area contributed by atoms with E-state index in [1.807, 2.05) is 6.07 Å². The standard InChI is InChI=1S/C21H26O7/c1-23-16-11-8-13(18(25-3)20(16)27-5)7-10-15(22)14-9-12-17(24-2)21(28-6)19(14)26-4/h8-9,11-12H,7,10H2,1-6H3.